The Labute approximate surface area is 149 Å². The second-order valence-electron chi connectivity index (χ2n) is 5.61. The van der Waals surface area contributed by atoms with Crippen LogP contribution in [0.25, 0.3) is 5.69 Å². The van der Waals surface area contributed by atoms with Crippen LogP contribution in [0.2, 0.25) is 0 Å². The van der Waals surface area contributed by atoms with Gasteiger partial charge in [0.25, 0.3) is 21.8 Å². The van der Waals surface area contributed by atoms with E-state index in [0.717, 1.165) is 11.8 Å². The van der Waals surface area contributed by atoms with Gasteiger partial charge in [0.05, 0.1) is 0 Å². The van der Waals surface area contributed by atoms with Gasteiger partial charge in [-0.05, 0) is 36.4 Å². The molecule has 3 aromatic rings. The second-order valence-corrected chi connectivity index (χ2v) is 7.29. The third-order valence-corrected chi connectivity index (χ3v) is 5.08. The number of nitrogens with two attached hydrogens (primary N) is 1. The van der Waals surface area contributed by atoms with Gasteiger partial charge in [-0.3, -0.25) is 9.59 Å². The molecule has 0 bridgehead atoms. The van der Waals surface area contributed by atoms with Crippen molar-refractivity contribution in [2.75, 3.05) is 0 Å². The van der Waals surface area contributed by atoms with Gasteiger partial charge in [0.2, 0.25) is 0 Å². The topological polar surface area (TPSA) is 116 Å². The number of primary amides is 1. The number of hydrogen-bond donors (Lipinski definition) is 2. The summed E-state index contributed by atoms with van der Waals surface area (Å²) in [7, 11) is -2.66. The average molecular weight is 372 g/mol. The number of aromatic nitrogens is 2. The maximum atomic E-state index is 12.4. The summed E-state index contributed by atoms with van der Waals surface area (Å²) in [5.41, 5.74) is 6.11. The van der Waals surface area contributed by atoms with Crippen molar-refractivity contribution < 1.29 is 18.0 Å². The molecule has 0 unspecified atom stereocenters. The normalized spacial score (nSPS) is 11.3. The maximum Gasteiger partial charge on any atom is 0.265 e. The molecule has 0 radical (unpaired) electrons. The first-order chi connectivity index (χ1) is 12.3. The van der Waals surface area contributed by atoms with Crippen LogP contribution in [0.5, 0.6) is 0 Å². The van der Waals surface area contributed by atoms with Gasteiger partial charge in [0.1, 0.15) is 10.6 Å². The molecule has 2 amide bonds. The predicted octanol–water partition coefficient (Wildman–Crippen LogP) is 1.03. The minimum absolute atomic E-state index is 0.0208. The number of amides is 2. The van der Waals surface area contributed by atoms with Gasteiger partial charge in [-0.2, -0.15) is 0 Å². The lowest BCUT2D eigenvalue weighted by molar-refractivity contribution is 0.0977. The van der Waals surface area contributed by atoms with Gasteiger partial charge in [0.15, 0.2) is 0 Å². The third-order valence-electron chi connectivity index (χ3n) is 3.78. The number of benzene rings is 1. The van der Waals surface area contributed by atoms with E-state index in [4.69, 9.17) is 5.73 Å². The summed E-state index contributed by atoms with van der Waals surface area (Å²) in [6.45, 7) is 0. The molecule has 0 saturated heterocycles. The summed E-state index contributed by atoms with van der Waals surface area (Å²) in [5.74, 6) is -1.54. The van der Waals surface area contributed by atoms with E-state index in [-0.39, 0.29) is 16.2 Å². The zero-order valence-corrected chi connectivity index (χ0v) is 14.6. The highest BCUT2D eigenvalue weighted by Gasteiger charge is 2.22. The van der Waals surface area contributed by atoms with E-state index in [1.165, 1.54) is 23.9 Å². The Hall–Kier alpha value is -3.33. The van der Waals surface area contributed by atoms with Crippen molar-refractivity contribution in [1.29, 1.82) is 0 Å². The molecule has 2 aromatic heterocycles. The fourth-order valence-corrected chi connectivity index (χ4v) is 3.52. The number of hydrogen-bond acceptors (Lipinski definition) is 4. The lowest BCUT2D eigenvalue weighted by Crippen LogP contribution is -2.30. The fourth-order valence-electron chi connectivity index (χ4n) is 2.48. The number of rotatable bonds is 5. The molecular formula is C17H16N4O4S. The van der Waals surface area contributed by atoms with Crippen LogP contribution in [-0.4, -0.2) is 29.4 Å². The Morgan fingerprint density at radius 3 is 2.38 bits per heavy atom. The van der Waals surface area contributed by atoms with Crippen LogP contribution in [0.3, 0.4) is 0 Å². The van der Waals surface area contributed by atoms with Crippen molar-refractivity contribution in [3.8, 4) is 5.69 Å². The van der Waals surface area contributed by atoms with Crippen LogP contribution >= 0.6 is 0 Å². The van der Waals surface area contributed by atoms with Crippen molar-refractivity contribution in [2.45, 2.75) is 4.90 Å². The Balaban J connectivity index is 1.86. The molecule has 9 heteroatoms. The maximum absolute atomic E-state index is 12.4. The van der Waals surface area contributed by atoms with Crippen molar-refractivity contribution >= 4 is 21.8 Å². The van der Waals surface area contributed by atoms with Gasteiger partial charge < -0.3 is 14.9 Å². The van der Waals surface area contributed by atoms with Crippen molar-refractivity contribution in [3.05, 3.63) is 72.3 Å². The first-order valence-electron chi connectivity index (χ1n) is 7.54. The molecule has 8 nitrogen and oxygen atoms in total. The lowest BCUT2D eigenvalue weighted by Gasteiger charge is -2.08. The molecular weight excluding hydrogens is 356 g/mol. The monoisotopic (exact) mass is 372 g/mol. The van der Waals surface area contributed by atoms with Gasteiger partial charge in [-0.15, -0.1) is 0 Å². The summed E-state index contributed by atoms with van der Waals surface area (Å²) in [6, 6.07) is 11.3. The number of sulfonamides is 1. The van der Waals surface area contributed by atoms with E-state index < -0.39 is 21.8 Å². The largest absolute Gasteiger partial charge is 0.364 e. The van der Waals surface area contributed by atoms with Gasteiger partial charge in [0, 0.05) is 36.9 Å². The van der Waals surface area contributed by atoms with Crippen molar-refractivity contribution in [3.63, 3.8) is 0 Å². The molecule has 0 aliphatic heterocycles. The van der Waals surface area contributed by atoms with E-state index >= 15 is 0 Å². The highest BCUT2D eigenvalue weighted by atomic mass is 32.2. The Morgan fingerprint density at radius 1 is 1.08 bits per heavy atom. The van der Waals surface area contributed by atoms with E-state index in [1.54, 1.807) is 22.8 Å². The molecule has 134 valence electrons. The molecule has 1 aromatic carbocycles. The van der Waals surface area contributed by atoms with Gasteiger partial charge in [-0.25, -0.2) is 13.1 Å². The molecule has 3 rings (SSSR count). The first kappa shape index (κ1) is 17.5. The minimum Gasteiger partial charge on any atom is -0.364 e. The average Bonchev–Trinajstić information content (AvgIpc) is 3.24. The standard InChI is InChI=1S/C17H16N4O4S/c1-20-11-14(10-15(20)16(18)22)26(24,25)19-17(23)12-5-4-6-13(9-12)21-7-2-3-8-21/h2-11H,1H3,(H2,18,22)(H,19,23). The summed E-state index contributed by atoms with van der Waals surface area (Å²) >= 11 is 0. The van der Waals surface area contributed by atoms with Crippen LogP contribution < -0.4 is 10.5 Å². The van der Waals surface area contributed by atoms with E-state index in [1.807, 2.05) is 29.2 Å². The number of nitrogens with zero attached hydrogens (tertiary/aromatic N) is 2. The highest BCUT2D eigenvalue weighted by molar-refractivity contribution is 7.90. The zero-order valence-electron chi connectivity index (χ0n) is 13.8. The third kappa shape index (κ3) is 3.38. The molecule has 2 heterocycles. The van der Waals surface area contributed by atoms with E-state index in [2.05, 4.69) is 0 Å². The smallest absolute Gasteiger partial charge is 0.265 e. The minimum atomic E-state index is -4.14. The molecule has 0 saturated carbocycles. The Morgan fingerprint density at radius 2 is 1.77 bits per heavy atom. The number of carbonyl (C=O) groups is 2. The second kappa shape index (κ2) is 6.52. The number of nitrogens with one attached hydrogen (secondary N) is 1. The Bertz CT molecular complexity index is 1080. The van der Waals surface area contributed by atoms with Gasteiger partial charge >= 0.3 is 0 Å². The lowest BCUT2D eigenvalue weighted by atomic mass is 10.2. The highest BCUT2D eigenvalue weighted by Crippen LogP contribution is 2.15. The van der Waals surface area contributed by atoms with E-state index in [0.29, 0.717) is 0 Å². The molecule has 0 aliphatic rings. The predicted molar refractivity (Wildman–Crippen MR) is 94.4 cm³/mol. The number of carbonyl (C=O) groups excluding carboxylic acids is 2. The van der Waals surface area contributed by atoms with E-state index in [9.17, 15) is 18.0 Å². The zero-order chi connectivity index (χ0) is 18.9. The van der Waals surface area contributed by atoms with Crippen molar-refractivity contribution in [1.82, 2.24) is 13.9 Å². The molecule has 0 spiro atoms. The summed E-state index contributed by atoms with van der Waals surface area (Å²) in [6.07, 6.45) is 4.83. The quantitative estimate of drug-likeness (QED) is 0.696. The van der Waals surface area contributed by atoms with Crippen LogP contribution in [0.1, 0.15) is 20.8 Å². The van der Waals surface area contributed by atoms with Crippen LogP contribution in [0, 0.1) is 0 Å². The summed E-state index contributed by atoms with van der Waals surface area (Å²) in [5, 5.41) is 0. The molecule has 26 heavy (non-hydrogen) atoms. The molecule has 3 N–H and O–H groups in total. The molecule has 0 atom stereocenters. The van der Waals surface area contributed by atoms with Crippen molar-refractivity contribution in [2.24, 2.45) is 12.8 Å². The molecule has 0 aliphatic carbocycles. The fraction of sp³-hybridized carbons (Fsp3) is 0.0588. The number of aryl methyl sites for hydroxylation is 1. The first-order valence-corrected chi connectivity index (χ1v) is 9.03. The van der Waals surface area contributed by atoms with Gasteiger partial charge in [-0.1, -0.05) is 6.07 Å². The van der Waals surface area contributed by atoms with Crippen LogP contribution in [0.15, 0.2) is 66.0 Å². The van der Waals surface area contributed by atoms with Crippen LogP contribution in [-0.2, 0) is 17.1 Å². The summed E-state index contributed by atoms with van der Waals surface area (Å²) < 4.78 is 29.9. The Kier molecular flexibility index (Phi) is 4.39. The molecule has 0 fully saturated rings. The SMILES string of the molecule is Cn1cc(S(=O)(=O)NC(=O)c2cccc(-n3cccc3)c2)cc1C(N)=O. The summed E-state index contributed by atoms with van der Waals surface area (Å²) in [4.78, 5) is 23.4. The van der Waals surface area contributed by atoms with Crippen LogP contribution in [0.4, 0.5) is 0 Å².